The van der Waals surface area contributed by atoms with Crippen LogP contribution in [0.25, 0.3) is 0 Å². The van der Waals surface area contributed by atoms with Crippen LogP contribution in [0.4, 0.5) is 0 Å². The molecule has 0 aliphatic carbocycles. The van der Waals surface area contributed by atoms with Gasteiger partial charge in [0, 0.05) is 0 Å². The monoisotopic (exact) mass is 406 g/mol. The van der Waals surface area contributed by atoms with Crippen molar-refractivity contribution in [2.75, 3.05) is 37.9 Å². The van der Waals surface area contributed by atoms with Gasteiger partial charge < -0.3 is 0 Å². The van der Waals surface area contributed by atoms with Crippen LogP contribution in [0.5, 0.6) is 0 Å². The Hall–Kier alpha value is 1.66. The van der Waals surface area contributed by atoms with E-state index < -0.39 is 0 Å². The number of ether oxygens (including phenoxy) is 2. The standard InChI is InChI=1S/C11H18O2S2Se2/c1(8-5-14-8)12-3-10-7-16-11(17-10)4-13-2-9-6-15-9/h8-11H,1-7H2. The summed E-state index contributed by atoms with van der Waals surface area (Å²) >= 11 is 5.68. The van der Waals surface area contributed by atoms with Gasteiger partial charge in [0.05, 0.1) is 0 Å². The zero-order valence-electron chi connectivity index (χ0n) is 9.71. The van der Waals surface area contributed by atoms with E-state index in [4.69, 9.17) is 9.47 Å². The molecule has 17 heavy (non-hydrogen) atoms. The molecule has 0 amide bonds. The van der Waals surface area contributed by atoms with Crippen molar-refractivity contribution in [2.24, 2.45) is 0 Å². The van der Waals surface area contributed by atoms with Crippen LogP contribution in [0.15, 0.2) is 0 Å². The number of hydrogen-bond donors (Lipinski definition) is 0. The molecule has 0 aromatic carbocycles. The summed E-state index contributed by atoms with van der Waals surface area (Å²) < 4.78 is 12.5. The average molecular weight is 404 g/mol. The van der Waals surface area contributed by atoms with Crippen LogP contribution in [0.2, 0.25) is 13.9 Å². The third kappa shape index (κ3) is 5.27. The van der Waals surface area contributed by atoms with Gasteiger partial charge in [0.25, 0.3) is 0 Å². The molecular weight excluding hydrogens is 386 g/mol. The second kappa shape index (κ2) is 6.90. The second-order valence-electron chi connectivity index (χ2n) is 4.51. The van der Waals surface area contributed by atoms with E-state index in [1.54, 1.807) is 0 Å². The minimum atomic E-state index is 0.785. The van der Waals surface area contributed by atoms with Crippen LogP contribution in [-0.2, 0) is 9.47 Å². The molecule has 3 fully saturated rings. The topological polar surface area (TPSA) is 18.5 Å². The summed E-state index contributed by atoms with van der Waals surface area (Å²) in [7, 11) is 0. The van der Waals surface area contributed by atoms with Gasteiger partial charge in [0.2, 0.25) is 0 Å². The van der Waals surface area contributed by atoms with Crippen LogP contribution in [0.1, 0.15) is 0 Å². The van der Waals surface area contributed by atoms with Gasteiger partial charge in [-0.15, -0.1) is 0 Å². The summed E-state index contributed by atoms with van der Waals surface area (Å²) in [6.07, 6.45) is 0. The Kier molecular flexibility index (Phi) is 5.53. The van der Waals surface area contributed by atoms with Gasteiger partial charge in [0.15, 0.2) is 0 Å². The molecule has 4 atom stereocenters. The average Bonchev–Trinajstić information content (AvgIpc) is 3.22. The van der Waals surface area contributed by atoms with Crippen LogP contribution in [-0.4, -0.2) is 78.3 Å². The van der Waals surface area contributed by atoms with Crippen molar-refractivity contribution in [1.29, 1.82) is 0 Å². The summed E-state index contributed by atoms with van der Waals surface area (Å²) in [4.78, 5) is 0.898. The van der Waals surface area contributed by atoms with E-state index in [-0.39, 0.29) is 0 Å². The van der Waals surface area contributed by atoms with Crippen molar-refractivity contribution in [1.82, 2.24) is 0 Å². The van der Waals surface area contributed by atoms with Crippen LogP contribution >= 0.6 is 23.5 Å². The summed E-state index contributed by atoms with van der Waals surface area (Å²) in [6, 6.07) is 0. The van der Waals surface area contributed by atoms with Crippen LogP contribution in [0.3, 0.4) is 0 Å². The van der Waals surface area contributed by atoms with Crippen molar-refractivity contribution in [2.45, 2.75) is 24.4 Å². The fraction of sp³-hybridized carbons (Fsp3) is 1.00. The van der Waals surface area contributed by atoms with Crippen LogP contribution in [0, 0.1) is 0 Å². The molecule has 6 heteroatoms. The Morgan fingerprint density at radius 3 is 2.24 bits per heavy atom. The second-order valence-corrected chi connectivity index (χ2v) is 14.4. The van der Waals surface area contributed by atoms with Gasteiger partial charge >= 0.3 is 125 Å². The molecule has 3 saturated heterocycles. The Morgan fingerprint density at radius 2 is 1.59 bits per heavy atom. The van der Waals surface area contributed by atoms with E-state index in [0.717, 1.165) is 75.4 Å². The first-order valence-electron chi connectivity index (χ1n) is 6.06. The zero-order valence-corrected chi connectivity index (χ0v) is 14.8. The number of hydrogen-bond acceptors (Lipinski definition) is 4. The SMILES string of the molecule is C(OCC1C[Se]C(COCC2CS2)[Se]1)C1CS1. The van der Waals surface area contributed by atoms with E-state index in [1.165, 1.54) is 16.8 Å². The minimum absolute atomic E-state index is 0.785. The molecule has 0 spiro atoms. The van der Waals surface area contributed by atoms with E-state index in [1.807, 2.05) is 23.5 Å². The molecule has 3 heterocycles. The molecule has 0 aromatic heterocycles. The van der Waals surface area contributed by atoms with Gasteiger partial charge in [-0.2, -0.15) is 0 Å². The number of thioether (sulfide) groups is 2. The van der Waals surface area contributed by atoms with E-state index in [2.05, 4.69) is 0 Å². The van der Waals surface area contributed by atoms with Gasteiger partial charge in [-0.1, -0.05) is 0 Å². The molecule has 3 aliphatic heterocycles. The summed E-state index contributed by atoms with van der Waals surface area (Å²) in [6.45, 7) is 4.09. The third-order valence-corrected chi connectivity index (χ3v) is 13.1. The molecule has 98 valence electrons. The van der Waals surface area contributed by atoms with Crippen molar-refractivity contribution in [3.63, 3.8) is 0 Å². The summed E-state index contributed by atoms with van der Waals surface area (Å²) in [5, 5.41) is 3.12. The first-order valence-corrected chi connectivity index (χ1v) is 12.3. The number of rotatable bonds is 8. The van der Waals surface area contributed by atoms with Crippen molar-refractivity contribution < 1.29 is 9.47 Å². The van der Waals surface area contributed by atoms with E-state index in [0.29, 0.717) is 0 Å². The summed E-state index contributed by atoms with van der Waals surface area (Å²) in [5.74, 6) is 2.66. The van der Waals surface area contributed by atoms with E-state index in [9.17, 15) is 0 Å². The molecule has 4 unspecified atom stereocenters. The maximum atomic E-state index is 5.81. The predicted molar refractivity (Wildman–Crippen MR) is 77.9 cm³/mol. The molecule has 0 aromatic rings. The molecule has 0 bridgehead atoms. The Labute approximate surface area is 124 Å². The fourth-order valence-corrected chi connectivity index (χ4v) is 11.1. The molecule has 0 N–H and O–H groups in total. The molecule has 3 rings (SSSR count). The van der Waals surface area contributed by atoms with Gasteiger partial charge in [0.1, 0.15) is 0 Å². The maximum absolute atomic E-state index is 5.81. The molecule has 0 radical (unpaired) electrons. The first kappa shape index (κ1) is 13.6. The zero-order chi connectivity index (χ0) is 11.5. The third-order valence-electron chi connectivity index (χ3n) is 2.78. The normalized spacial score (nSPS) is 39.5. The molecular formula is C11H18O2S2Se2. The summed E-state index contributed by atoms with van der Waals surface area (Å²) in [5.41, 5.74) is 0. The van der Waals surface area contributed by atoms with Gasteiger partial charge in [-0.05, 0) is 0 Å². The Balaban J connectivity index is 1.22. The molecule has 0 saturated carbocycles. The van der Waals surface area contributed by atoms with Gasteiger partial charge in [-0.3, -0.25) is 0 Å². The fourth-order valence-electron chi connectivity index (χ4n) is 1.64. The van der Waals surface area contributed by atoms with Crippen molar-refractivity contribution in [3.8, 4) is 0 Å². The Bertz CT molecular complexity index is 226. The van der Waals surface area contributed by atoms with Crippen molar-refractivity contribution in [3.05, 3.63) is 0 Å². The van der Waals surface area contributed by atoms with Crippen molar-refractivity contribution >= 4 is 53.4 Å². The molecule has 2 nitrogen and oxygen atoms in total. The quantitative estimate of drug-likeness (QED) is 0.452. The predicted octanol–water partition coefficient (Wildman–Crippen LogP) is 1.63. The van der Waals surface area contributed by atoms with Crippen LogP contribution < -0.4 is 0 Å². The molecule has 3 aliphatic rings. The first-order chi connectivity index (χ1) is 8.40. The Morgan fingerprint density at radius 1 is 0.941 bits per heavy atom. The van der Waals surface area contributed by atoms with Gasteiger partial charge in [-0.25, -0.2) is 0 Å². The van der Waals surface area contributed by atoms with E-state index >= 15 is 0 Å².